The zero-order valence-corrected chi connectivity index (χ0v) is 17.4. The van der Waals surface area contributed by atoms with Gasteiger partial charge < -0.3 is 14.6 Å². The Morgan fingerprint density at radius 1 is 1.21 bits per heavy atom. The predicted octanol–water partition coefficient (Wildman–Crippen LogP) is 4.38. The van der Waals surface area contributed by atoms with Crippen molar-refractivity contribution in [2.45, 2.75) is 12.5 Å². The fourth-order valence-electron chi connectivity index (χ4n) is 2.61. The van der Waals surface area contributed by atoms with E-state index < -0.39 is 30.3 Å². The Morgan fingerprint density at radius 2 is 1.86 bits per heavy atom. The Bertz CT molecular complexity index is 1040. The summed E-state index contributed by atoms with van der Waals surface area (Å²) in [5, 5.41) is 19.1. The van der Waals surface area contributed by atoms with E-state index in [0.717, 1.165) is 16.7 Å². The number of carboxylic acids is 2. The molecule has 0 aliphatic carbocycles. The lowest BCUT2D eigenvalue weighted by atomic mass is 10.2. The van der Waals surface area contributed by atoms with E-state index in [2.05, 4.69) is 0 Å². The van der Waals surface area contributed by atoms with Crippen LogP contribution in [0.25, 0.3) is 17.4 Å². The molecule has 1 amide bonds. The van der Waals surface area contributed by atoms with E-state index in [1.165, 1.54) is 6.08 Å². The third kappa shape index (κ3) is 4.81. The average molecular weight is 472 g/mol. The van der Waals surface area contributed by atoms with Gasteiger partial charge in [-0.1, -0.05) is 47.2 Å². The van der Waals surface area contributed by atoms with Crippen molar-refractivity contribution >= 4 is 75.4 Å². The minimum Gasteiger partial charge on any atom is -0.481 e. The lowest BCUT2D eigenvalue weighted by Crippen LogP contribution is -2.45. The number of halogens is 2. The van der Waals surface area contributed by atoms with Gasteiger partial charge in [-0.2, -0.15) is 0 Å². The van der Waals surface area contributed by atoms with E-state index in [1.807, 2.05) is 0 Å². The van der Waals surface area contributed by atoms with Gasteiger partial charge >= 0.3 is 11.9 Å². The van der Waals surface area contributed by atoms with Crippen molar-refractivity contribution in [1.29, 1.82) is 0 Å². The van der Waals surface area contributed by atoms with Gasteiger partial charge in [-0.05, 0) is 30.3 Å². The first-order valence-electron chi connectivity index (χ1n) is 7.93. The molecular formula is C18H11Cl2NO6S2. The number of rotatable bonds is 6. The van der Waals surface area contributed by atoms with Gasteiger partial charge in [0.25, 0.3) is 5.91 Å². The quantitative estimate of drug-likeness (QED) is 0.471. The van der Waals surface area contributed by atoms with Crippen LogP contribution in [0, 0.1) is 0 Å². The second-order valence-electron chi connectivity index (χ2n) is 5.86. The third-order valence-corrected chi connectivity index (χ3v) is 5.60. The maximum Gasteiger partial charge on any atom is 0.327 e. The number of hydrogen-bond acceptors (Lipinski definition) is 6. The fraction of sp³-hybridized carbons (Fsp3) is 0.111. The molecule has 0 bridgehead atoms. The Balaban J connectivity index is 1.87. The molecule has 7 nitrogen and oxygen atoms in total. The molecule has 1 aromatic heterocycles. The topological polar surface area (TPSA) is 108 Å². The van der Waals surface area contributed by atoms with Gasteiger partial charge in [-0.15, -0.1) is 0 Å². The standard InChI is InChI=1S/C18H11Cl2NO6S2/c19-9-3-8(4-10(20)5-9)13-2-1-11(27-13)6-14-16(24)21(18(28)29-14)12(17(25)26)7-15(22)23/h1-6,12H,7H2,(H,22,23)(H,25,26)/b14-6-/t12-/m1/s1. The average Bonchev–Trinajstić information content (AvgIpc) is 3.17. The number of carbonyl (C=O) groups is 3. The van der Waals surface area contributed by atoms with Crippen molar-refractivity contribution < 1.29 is 29.0 Å². The van der Waals surface area contributed by atoms with E-state index in [1.54, 1.807) is 30.3 Å². The van der Waals surface area contributed by atoms with Crippen molar-refractivity contribution in [3.8, 4) is 11.3 Å². The molecule has 150 valence electrons. The molecule has 1 saturated heterocycles. The molecule has 0 unspecified atom stereocenters. The molecule has 2 aromatic rings. The highest BCUT2D eigenvalue weighted by Gasteiger charge is 2.41. The van der Waals surface area contributed by atoms with Crippen LogP contribution in [0.2, 0.25) is 10.0 Å². The summed E-state index contributed by atoms with van der Waals surface area (Å²) in [5.74, 6) is -2.72. The van der Waals surface area contributed by atoms with Crippen LogP contribution in [0.5, 0.6) is 0 Å². The number of carboxylic acid groups (broad SMARTS) is 2. The molecule has 1 fully saturated rings. The Hall–Kier alpha value is -2.33. The lowest BCUT2D eigenvalue weighted by molar-refractivity contribution is -0.150. The SMILES string of the molecule is O=C(O)C[C@H](C(=O)O)N1C(=O)/C(=C/c2ccc(-c3cc(Cl)cc(Cl)c3)o2)SC1=S. The highest BCUT2D eigenvalue weighted by Crippen LogP contribution is 2.36. The largest absolute Gasteiger partial charge is 0.481 e. The number of benzene rings is 1. The molecule has 1 aliphatic rings. The summed E-state index contributed by atoms with van der Waals surface area (Å²) < 4.78 is 5.66. The summed E-state index contributed by atoms with van der Waals surface area (Å²) in [7, 11) is 0. The first-order chi connectivity index (χ1) is 13.7. The molecule has 1 aliphatic heterocycles. The molecular weight excluding hydrogens is 461 g/mol. The molecule has 2 heterocycles. The van der Waals surface area contributed by atoms with Crippen LogP contribution in [-0.2, 0) is 14.4 Å². The summed E-state index contributed by atoms with van der Waals surface area (Å²) in [5.41, 5.74) is 0.641. The van der Waals surface area contributed by atoms with Gasteiger partial charge in [0, 0.05) is 21.7 Å². The highest BCUT2D eigenvalue weighted by molar-refractivity contribution is 8.26. The predicted molar refractivity (Wildman–Crippen MR) is 113 cm³/mol. The maximum absolute atomic E-state index is 12.6. The van der Waals surface area contributed by atoms with Gasteiger partial charge in [-0.3, -0.25) is 14.5 Å². The zero-order chi connectivity index (χ0) is 21.3. The molecule has 2 N–H and O–H groups in total. The first kappa shape index (κ1) is 21.4. The van der Waals surface area contributed by atoms with E-state index >= 15 is 0 Å². The number of thiocarbonyl (C=S) groups is 1. The van der Waals surface area contributed by atoms with Gasteiger partial charge in [-0.25, -0.2) is 4.79 Å². The number of amides is 1. The number of carbonyl (C=O) groups excluding carboxylic acids is 1. The van der Waals surface area contributed by atoms with E-state index in [-0.39, 0.29) is 9.23 Å². The van der Waals surface area contributed by atoms with Crippen molar-refractivity contribution in [2.24, 2.45) is 0 Å². The molecule has 1 aromatic carbocycles. The van der Waals surface area contributed by atoms with E-state index in [0.29, 0.717) is 27.1 Å². The Kier molecular flexibility index (Phi) is 6.33. The first-order valence-corrected chi connectivity index (χ1v) is 9.91. The summed E-state index contributed by atoms with van der Waals surface area (Å²) in [6.45, 7) is 0. The number of thioether (sulfide) groups is 1. The second-order valence-corrected chi connectivity index (χ2v) is 8.41. The molecule has 0 saturated carbocycles. The fourth-order valence-corrected chi connectivity index (χ4v) is 4.48. The summed E-state index contributed by atoms with van der Waals surface area (Å²) in [6.07, 6.45) is 0.643. The van der Waals surface area contributed by atoms with Crippen molar-refractivity contribution in [1.82, 2.24) is 4.90 Å². The van der Waals surface area contributed by atoms with E-state index in [9.17, 15) is 19.5 Å². The molecule has 0 radical (unpaired) electrons. The summed E-state index contributed by atoms with van der Waals surface area (Å²) in [4.78, 5) is 35.9. The normalized spacial score (nSPS) is 16.5. The van der Waals surface area contributed by atoms with Crippen LogP contribution in [0.15, 0.2) is 39.7 Å². The molecule has 29 heavy (non-hydrogen) atoms. The molecule has 11 heteroatoms. The number of furan rings is 1. The smallest absolute Gasteiger partial charge is 0.327 e. The summed E-state index contributed by atoms with van der Waals surface area (Å²) >= 11 is 17.9. The van der Waals surface area contributed by atoms with Gasteiger partial charge in [0.15, 0.2) is 0 Å². The monoisotopic (exact) mass is 471 g/mol. The van der Waals surface area contributed by atoms with Crippen LogP contribution in [0.4, 0.5) is 0 Å². The number of hydrogen-bond donors (Lipinski definition) is 2. The minimum atomic E-state index is -1.59. The Labute approximate surface area is 183 Å². The van der Waals surface area contributed by atoms with Gasteiger partial charge in [0.1, 0.15) is 21.9 Å². The molecule has 0 spiro atoms. The molecule has 3 rings (SSSR count). The Morgan fingerprint density at radius 3 is 2.45 bits per heavy atom. The maximum atomic E-state index is 12.6. The lowest BCUT2D eigenvalue weighted by Gasteiger charge is -2.21. The minimum absolute atomic E-state index is 0.0386. The van der Waals surface area contributed by atoms with Crippen LogP contribution >= 0.6 is 47.2 Å². The molecule has 1 atom stereocenters. The van der Waals surface area contributed by atoms with Crippen LogP contribution in [0.1, 0.15) is 12.2 Å². The van der Waals surface area contributed by atoms with Crippen LogP contribution in [-0.4, -0.2) is 43.3 Å². The van der Waals surface area contributed by atoms with Crippen molar-refractivity contribution in [3.05, 3.63) is 51.0 Å². The van der Waals surface area contributed by atoms with Gasteiger partial charge in [0.05, 0.1) is 11.3 Å². The van der Waals surface area contributed by atoms with E-state index in [4.69, 9.17) is 44.9 Å². The van der Waals surface area contributed by atoms with Crippen LogP contribution in [0.3, 0.4) is 0 Å². The van der Waals surface area contributed by atoms with Crippen molar-refractivity contribution in [2.75, 3.05) is 0 Å². The second kappa shape index (κ2) is 8.58. The zero-order valence-electron chi connectivity index (χ0n) is 14.3. The number of aliphatic carboxylic acids is 2. The summed E-state index contributed by atoms with van der Waals surface area (Å²) in [6, 6.07) is 6.60. The van der Waals surface area contributed by atoms with Crippen LogP contribution < -0.4 is 0 Å². The number of nitrogens with zero attached hydrogens (tertiary/aromatic N) is 1. The highest BCUT2D eigenvalue weighted by atomic mass is 35.5. The third-order valence-electron chi connectivity index (χ3n) is 3.84. The van der Waals surface area contributed by atoms with Gasteiger partial charge in [0.2, 0.25) is 0 Å². The van der Waals surface area contributed by atoms with Crippen molar-refractivity contribution in [3.63, 3.8) is 0 Å².